The molecule has 2 amide bonds. The highest BCUT2D eigenvalue weighted by Gasteiger charge is 2.14. The second-order valence-electron chi connectivity index (χ2n) is 7.04. The summed E-state index contributed by atoms with van der Waals surface area (Å²) in [5.41, 5.74) is 4.94. The number of amides is 2. The van der Waals surface area contributed by atoms with Crippen molar-refractivity contribution < 1.29 is 9.59 Å². The lowest BCUT2D eigenvalue weighted by Crippen LogP contribution is -2.23. The zero-order valence-electron chi connectivity index (χ0n) is 16.6. The highest BCUT2D eigenvalue weighted by Crippen LogP contribution is 2.18. The van der Waals surface area contributed by atoms with E-state index in [0.29, 0.717) is 13.0 Å². The predicted molar refractivity (Wildman–Crippen MR) is 111 cm³/mol. The number of para-hydroxylation sites is 2. The van der Waals surface area contributed by atoms with Gasteiger partial charge in [-0.15, -0.1) is 0 Å². The third-order valence-corrected chi connectivity index (χ3v) is 4.78. The van der Waals surface area contributed by atoms with Crippen LogP contribution in [0.5, 0.6) is 0 Å². The normalized spacial score (nSPS) is 10.8. The van der Waals surface area contributed by atoms with E-state index in [1.807, 2.05) is 60.9 Å². The average molecular weight is 378 g/mol. The Balaban J connectivity index is 1.76. The van der Waals surface area contributed by atoms with Gasteiger partial charge in [-0.3, -0.25) is 9.59 Å². The molecule has 0 aliphatic heterocycles. The third-order valence-electron chi connectivity index (χ3n) is 4.78. The van der Waals surface area contributed by atoms with Crippen LogP contribution in [0.4, 0.5) is 5.69 Å². The Hall–Kier alpha value is -3.15. The van der Waals surface area contributed by atoms with Gasteiger partial charge in [-0.25, -0.2) is 4.98 Å². The van der Waals surface area contributed by atoms with Gasteiger partial charge < -0.3 is 15.2 Å². The van der Waals surface area contributed by atoms with Crippen LogP contribution in [0.2, 0.25) is 0 Å². The number of anilines is 1. The van der Waals surface area contributed by atoms with Gasteiger partial charge >= 0.3 is 0 Å². The van der Waals surface area contributed by atoms with Gasteiger partial charge in [0.25, 0.3) is 0 Å². The zero-order chi connectivity index (χ0) is 20.1. The fraction of sp³-hybridized carbons (Fsp3) is 0.318. The Morgan fingerprint density at radius 1 is 1.07 bits per heavy atom. The molecule has 6 nitrogen and oxygen atoms in total. The van der Waals surface area contributed by atoms with Gasteiger partial charge in [0.15, 0.2) is 0 Å². The molecule has 3 rings (SSSR count). The first kappa shape index (κ1) is 19.6. The van der Waals surface area contributed by atoms with E-state index in [1.54, 1.807) is 0 Å². The number of nitrogens with one attached hydrogen (secondary N) is 2. The molecular weight excluding hydrogens is 352 g/mol. The van der Waals surface area contributed by atoms with Crippen molar-refractivity contribution in [1.82, 2.24) is 14.9 Å². The number of hydrogen-bond donors (Lipinski definition) is 2. The van der Waals surface area contributed by atoms with Crippen molar-refractivity contribution >= 4 is 28.5 Å². The van der Waals surface area contributed by atoms with Crippen molar-refractivity contribution in [3.05, 3.63) is 59.4 Å². The van der Waals surface area contributed by atoms with Crippen LogP contribution in [0, 0.1) is 13.8 Å². The van der Waals surface area contributed by atoms with Gasteiger partial charge in [0.1, 0.15) is 12.4 Å². The van der Waals surface area contributed by atoms with Crippen LogP contribution in [0.25, 0.3) is 11.0 Å². The number of rotatable bonds is 7. The molecule has 0 unspecified atom stereocenters. The smallest absolute Gasteiger partial charge is 0.244 e. The van der Waals surface area contributed by atoms with E-state index >= 15 is 0 Å². The minimum atomic E-state index is -0.0884. The fourth-order valence-corrected chi connectivity index (χ4v) is 3.17. The number of nitrogens with zero attached hydrogens (tertiary/aromatic N) is 2. The average Bonchev–Trinajstić information content (AvgIpc) is 2.99. The Kier molecular flexibility index (Phi) is 6.09. The van der Waals surface area contributed by atoms with E-state index in [9.17, 15) is 9.59 Å². The summed E-state index contributed by atoms with van der Waals surface area (Å²) in [6, 6.07) is 13.7. The SMILES string of the molecule is CC(=O)NCCCc1nc2ccccc2n1CC(=O)Nc1ccc(C)c(C)c1. The molecule has 0 aliphatic carbocycles. The van der Waals surface area contributed by atoms with Crippen LogP contribution in [0.15, 0.2) is 42.5 Å². The number of aryl methyl sites for hydroxylation is 3. The number of benzene rings is 2. The monoisotopic (exact) mass is 378 g/mol. The fourth-order valence-electron chi connectivity index (χ4n) is 3.17. The van der Waals surface area contributed by atoms with Gasteiger partial charge in [-0.05, 0) is 55.7 Å². The molecule has 0 atom stereocenters. The first-order chi connectivity index (χ1) is 13.4. The first-order valence-electron chi connectivity index (χ1n) is 9.49. The minimum Gasteiger partial charge on any atom is -0.356 e. The minimum absolute atomic E-state index is 0.0405. The molecule has 6 heteroatoms. The lowest BCUT2D eigenvalue weighted by Gasteiger charge is -2.11. The molecule has 0 saturated carbocycles. The molecule has 2 aromatic carbocycles. The Morgan fingerprint density at radius 2 is 1.86 bits per heavy atom. The van der Waals surface area contributed by atoms with Gasteiger partial charge in [0.2, 0.25) is 11.8 Å². The van der Waals surface area contributed by atoms with E-state index in [4.69, 9.17) is 0 Å². The van der Waals surface area contributed by atoms with Crippen LogP contribution in [-0.4, -0.2) is 27.9 Å². The van der Waals surface area contributed by atoms with E-state index in [1.165, 1.54) is 12.5 Å². The van der Waals surface area contributed by atoms with Crippen molar-refractivity contribution in [2.45, 2.75) is 40.2 Å². The van der Waals surface area contributed by atoms with Crippen molar-refractivity contribution in [2.75, 3.05) is 11.9 Å². The summed E-state index contributed by atoms with van der Waals surface area (Å²) >= 11 is 0. The second-order valence-corrected chi connectivity index (χ2v) is 7.04. The van der Waals surface area contributed by atoms with E-state index in [2.05, 4.69) is 15.6 Å². The molecule has 146 valence electrons. The Labute approximate surface area is 165 Å². The Bertz CT molecular complexity index is 1010. The van der Waals surface area contributed by atoms with Crippen LogP contribution in [0.1, 0.15) is 30.3 Å². The van der Waals surface area contributed by atoms with Crippen molar-refractivity contribution in [3.8, 4) is 0 Å². The van der Waals surface area contributed by atoms with Crippen LogP contribution < -0.4 is 10.6 Å². The molecule has 1 heterocycles. The maximum absolute atomic E-state index is 12.7. The van der Waals surface area contributed by atoms with Crippen LogP contribution >= 0.6 is 0 Å². The summed E-state index contributed by atoms with van der Waals surface area (Å²) in [4.78, 5) is 28.4. The number of carbonyl (C=O) groups is 2. The molecule has 2 N–H and O–H groups in total. The number of carbonyl (C=O) groups excluding carboxylic acids is 2. The lowest BCUT2D eigenvalue weighted by molar-refractivity contribution is -0.119. The standard InChI is InChI=1S/C22H26N4O2/c1-15-10-11-18(13-16(15)2)24-22(28)14-26-20-8-5-4-7-19(20)25-21(26)9-6-12-23-17(3)27/h4-5,7-8,10-11,13H,6,9,12,14H2,1-3H3,(H,23,27)(H,24,28). The summed E-state index contributed by atoms with van der Waals surface area (Å²) in [7, 11) is 0. The highest BCUT2D eigenvalue weighted by molar-refractivity contribution is 5.91. The molecule has 1 aromatic heterocycles. The van der Waals surface area contributed by atoms with Gasteiger partial charge in [0.05, 0.1) is 11.0 Å². The second kappa shape index (κ2) is 8.69. The summed E-state index contributed by atoms with van der Waals surface area (Å²) in [6.45, 7) is 6.37. The van der Waals surface area contributed by atoms with Crippen molar-refractivity contribution in [2.24, 2.45) is 0 Å². The lowest BCUT2D eigenvalue weighted by atomic mass is 10.1. The summed E-state index contributed by atoms with van der Waals surface area (Å²) < 4.78 is 1.96. The quantitative estimate of drug-likeness (QED) is 0.619. The maximum Gasteiger partial charge on any atom is 0.244 e. The van der Waals surface area contributed by atoms with Gasteiger partial charge in [0, 0.05) is 25.6 Å². The van der Waals surface area contributed by atoms with Gasteiger partial charge in [-0.1, -0.05) is 18.2 Å². The highest BCUT2D eigenvalue weighted by atomic mass is 16.2. The molecule has 0 bridgehead atoms. The first-order valence-corrected chi connectivity index (χ1v) is 9.49. The van der Waals surface area contributed by atoms with E-state index in [0.717, 1.165) is 34.5 Å². The molecule has 0 radical (unpaired) electrons. The molecule has 3 aromatic rings. The third kappa shape index (κ3) is 4.76. The summed E-state index contributed by atoms with van der Waals surface area (Å²) in [5.74, 6) is 0.720. The number of hydrogen-bond acceptors (Lipinski definition) is 3. The van der Waals surface area contributed by atoms with Gasteiger partial charge in [-0.2, -0.15) is 0 Å². The van der Waals surface area contributed by atoms with Crippen LogP contribution in [-0.2, 0) is 22.6 Å². The van der Waals surface area contributed by atoms with Crippen LogP contribution in [0.3, 0.4) is 0 Å². The van der Waals surface area contributed by atoms with Crippen molar-refractivity contribution in [1.29, 1.82) is 0 Å². The summed E-state index contributed by atoms with van der Waals surface area (Å²) in [6.07, 6.45) is 1.45. The number of aromatic nitrogens is 2. The molecule has 0 fully saturated rings. The largest absolute Gasteiger partial charge is 0.356 e. The van der Waals surface area contributed by atoms with E-state index in [-0.39, 0.29) is 18.4 Å². The number of imidazole rings is 1. The molecule has 28 heavy (non-hydrogen) atoms. The summed E-state index contributed by atoms with van der Waals surface area (Å²) in [5, 5.41) is 5.77. The molecular formula is C22H26N4O2. The van der Waals surface area contributed by atoms with E-state index < -0.39 is 0 Å². The predicted octanol–water partition coefficient (Wildman–Crippen LogP) is 3.36. The Morgan fingerprint density at radius 3 is 2.61 bits per heavy atom. The molecule has 0 saturated heterocycles. The zero-order valence-corrected chi connectivity index (χ0v) is 16.6. The topological polar surface area (TPSA) is 76.0 Å². The maximum atomic E-state index is 12.7. The molecule has 0 aliphatic rings. The van der Waals surface area contributed by atoms with Crippen molar-refractivity contribution in [3.63, 3.8) is 0 Å². The number of fused-ring (bicyclic) bond motifs is 1. The molecule has 0 spiro atoms.